The minimum Gasteiger partial charge on any atom is -0.270 e. The summed E-state index contributed by atoms with van der Waals surface area (Å²) in [6.45, 7) is 2.79. The van der Waals surface area contributed by atoms with Crippen LogP contribution in [0.4, 0.5) is 0 Å². The van der Waals surface area contributed by atoms with E-state index >= 15 is 0 Å². The van der Waals surface area contributed by atoms with Gasteiger partial charge in [0.2, 0.25) is 0 Å². The van der Waals surface area contributed by atoms with Gasteiger partial charge in [0, 0.05) is 12.1 Å². The molecule has 4 nitrogen and oxygen atoms in total. The zero-order valence-corrected chi connectivity index (χ0v) is 8.41. The molecule has 0 saturated heterocycles. The molecule has 0 N–H and O–H groups in total. The normalized spacial score (nSPS) is 11.5. The molecule has 0 aliphatic carbocycles. The van der Waals surface area contributed by atoms with Crippen molar-refractivity contribution >= 4 is 10.1 Å². The van der Waals surface area contributed by atoms with Gasteiger partial charge in [-0.25, -0.2) is 4.57 Å². The van der Waals surface area contributed by atoms with Crippen molar-refractivity contribution in [1.29, 1.82) is 0 Å². The van der Waals surface area contributed by atoms with Gasteiger partial charge in [0.15, 0.2) is 12.4 Å². The lowest BCUT2D eigenvalue weighted by Crippen LogP contribution is -2.31. The van der Waals surface area contributed by atoms with Crippen LogP contribution in [0.25, 0.3) is 0 Å². The molecule has 1 rings (SSSR count). The molecule has 72 valence electrons. The van der Waals surface area contributed by atoms with Crippen LogP contribution in [0.1, 0.15) is 6.92 Å². The second-order valence-electron chi connectivity index (χ2n) is 2.49. The maximum atomic E-state index is 11.2. The number of hydrogen-bond acceptors (Lipinski definition) is 3. The van der Waals surface area contributed by atoms with E-state index in [9.17, 15) is 8.42 Å². The molecule has 5 heteroatoms. The first kappa shape index (κ1) is 10.1. The van der Waals surface area contributed by atoms with Crippen LogP contribution < -0.4 is 4.57 Å². The molecular formula is C8H12NO3S+. The van der Waals surface area contributed by atoms with E-state index in [1.165, 1.54) is 12.1 Å². The summed E-state index contributed by atoms with van der Waals surface area (Å²) in [5.74, 6) is 0. The minimum atomic E-state index is -3.54. The largest absolute Gasteiger partial charge is 0.297 e. The standard InChI is InChI=1S/C8H12NO3S/c1-3-9-6-4-8(5-7-9)13(10,11)12-2/h4-7H,3H2,1-2H3/q+1. The second kappa shape index (κ2) is 3.85. The fraction of sp³-hybridized carbons (Fsp3) is 0.375. The van der Waals surface area contributed by atoms with Crippen molar-refractivity contribution in [3.8, 4) is 0 Å². The van der Waals surface area contributed by atoms with E-state index in [1.807, 2.05) is 11.5 Å². The number of nitrogens with zero attached hydrogens (tertiary/aromatic N) is 1. The fourth-order valence-electron chi connectivity index (χ4n) is 0.917. The van der Waals surface area contributed by atoms with Crippen molar-refractivity contribution < 1.29 is 17.2 Å². The molecule has 0 saturated carbocycles. The Kier molecular flexibility index (Phi) is 3.00. The molecule has 1 heterocycles. The quantitative estimate of drug-likeness (QED) is 0.524. The summed E-state index contributed by atoms with van der Waals surface area (Å²) in [4.78, 5) is 0.180. The van der Waals surface area contributed by atoms with Gasteiger partial charge in [0.05, 0.1) is 7.11 Å². The maximum absolute atomic E-state index is 11.2. The average molecular weight is 202 g/mol. The minimum absolute atomic E-state index is 0.180. The zero-order chi connectivity index (χ0) is 9.90. The third kappa shape index (κ3) is 2.26. The molecule has 0 amide bonds. The Labute approximate surface area is 77.9 Å². The summed E-state index contributed by atoms with van der Waals surface area (Å²) in [5.41, 5.74) is 0. The first-order valence-corrected chi connectivity index (χ1v) is 5.30. The molecule has 0 spiro atoms. The predicted octanol–water partition coefficient (Wildman–Crippen LogP) is 0.329. The Morgan fingerprint density at radius 3 is 2.31 bits per heavy atom. The van der Waals surface area contributed by atoms with Crippen molar-refractivity contribution in [2.75, 3.05) is 7.11 Å². The monoisotopic (exact) mass is 202 g/mol. The number of aryl methyl sites for hydroxylation is 1. The lowest BCUT2D eigenvalue weighted by molar-refractivity contribution is -0.693. The smallest absolute Gasteiger partial charge is 0.270 e. The van der Waals surface area contributed by atoms with Crippen LogP contribution in [0, 0.1) is 0 Å². The number of aromatic nitrogens is 1. The molecule has 13 heavy (non-hydrogen) atoms. The highest BCUT2D eigenvalue weighted by atomic mass is 32.2. The van der Waals surface area contributed by atoms with Crippen LogP contribution in [0.3, 0.4) is 0 Å². The SMILES string of the molecule is CC[n+]1ccc(S(=O)(=O)OC)cc1. The Morgan fingerprint density at radius 2 is 1.92 bits per heavy atom. The van der Waals surface area contributed by atoms with Gasteiger partial charge >= 0.3 is 0 Å². The average Bonchev–Trinajstić information content (AvgIpc) is 2.18. The second-order valence-corrected chi connectivity index (χ2v) is 4.20. The Morgan fingerprint density at radius 1 is 1.38 bits per heavy atom. The van der Waals surface area contributed by atoms with Gasteiger partial charge in [-0.1, -0.05) is 0 Å². The van der Waals surface area contributed by atoms with Gasteiger partial charge < -0.3 is 0 Å². The topological polar surface area (TPSA) is 47.2 Å². The first-order valence-electron chi connectivity index (χ1n) is 3.90. The van der Waals surface area contributed by atoms with Gasteiger partial charge in [0.25, 0.3) is 10.1 Å². The van der Waals surface area contributed by atoms with E-state index < -0.39 is 10.1 Å². The lowest BCUT2D eigenvalue weighted by atomic mass is 10.5. The van der Waals surface area contributed by atoms with E-state index in [0.717, 1.165) is 13.7 Å². The third-order valence-electron chi connectivity index (χ3n) is 1.73. The molecule has 0 radical (unpaired) electrons. The first-order chi connectivity index (χ1) is 6.10. The van der Waals surface area contributed by atoms with Crippen molar-refractivity contribution in [3.63, 3.8) is 0 Å². The number of rotatable bonds is 3. The molecule has 0 aromatic carbocycles. The van der Waals surface area contributed by atoms with Gasteiger partial charge in [-0.2, -0.15) is 8.42 Å². The Balaban J connectivity index is 3.06. The van der Waals surface area contributed by atoms with Gasteiger partial charge in [-0.15, -0.1) is 0 Å². The van der Waals surface area contributed by atoms with Crippen molar-refractivity contribution in [2.24, 2.45) is 0 Å². The lowest BCUT2D eigenvalue weighted by Gasteiger charge is -1.98. The molecule has 0 bridgehead atoms. The van der Waals surface area contributed by atoms with Crippen LogP contribution in [0.2, 0.25) is 0 Å². The molecule has 0 unspecified atom stereocenters. The number of hydrogen-bond donors (Lipinski definition) is 0. The summed E-state index contributed by atoms with van der Waals surface area (Å²) in [6, 6.07) is 3.03. The highest BCUT2D eigenvalue weighted by Gasteiger charge is 2.13. The third-order valence-corrected chi connectivity index (χ3v) is 3.02. The Bertz CT molecular complexity index is 369. The van der Waals surface area contributed by atoms with E-state index in [4.69, 9.17) is 0 Å². The van der Waals surface area contributed by atoms with Crippen LogP contribution in [0.15, 0.2) is 29.4 Å². The predicted molar refractivity (Wildman–Crippen MR) is 46.5 cm³/mol. The van der Waals surface area contributed by atoms with E-state index in [0.29, 0.717) is 0 Å². The van der Waals surface area contributed by atoms with E-state index in [2.05, 4.69) is 4.18 Å². The van der Waals surface area contributed by atoms with Crippen molar-refractivity contribution in [1.82, 2.24) is 0 Å². The van der Waals surface area contributed by atoms with Crippen LogP contribution in [-0.2, 0) is 20.8 Å². The molecule has 1 aromatic rings. The summed E-state index contributed by atoms with van der Waals surface area (Å²) in [7, 11) is -2.39. The van der Waals surface area contributed by atoms with Crippen LogP contribution in [-0.4, -0.2) is 15.5 Å². The maximum Gasteiger partial charge on any atom is 0.297 e. The van der Waals surface area contributed by atoms with Crippen LogP contribution >= 0.6 is 0 Å². The zero-order valence-electron chi connectivity index (χ0n) is 7.60. The van der Waals surface area contributed by atoms with E-state index in [1.54, 1.807) is 12.4 Å². The molecule has 0 aliphatic heterocycles. The summed E-state index contributed by atoms with van der Waals surface area (Å²) in [6.07, 6.45) is 3.40. The fourth-order valence-corrected chi connectivity index (χ4v) is 1.56. The van der Waals surface area contributed by atoms with Crippen molar-refractivity contribution in [2.45, 2.75) is 18.4 Å². The summed E-state index contributed by atoms with van der Waals surface area (Å²) >= 11 is 0. The van der Waals surface area contributed by atoms with E-state index in [-0.39, 0.29) is 4.90 Å². The highest BCUT2D eigenvalue weighted by Crippen LogP contribution is 2.07. The van der Waals surface area contributed by atoms with Crippen LogP contribution in [0.5, 0.6) is 0 Å². The van der Waals surface area contributed by atoms with Crippen molar-refractivity contribution in [3.05, 3.63) is 24.5 Å². The molecule has 0 fully saturated rings. The van der Waals surface area contributed by atoms with Gasteiger partial charge in [-0.05, 0) is 6.92 Å². The molecule has 1 aromatic heterocycles. The Hall–Kier alpha value is -0.940. The summed E-state index contributed by atoms with van der Waals surface area (Å²) < 4.78 is 28.6. The molecule has 0 aliphatic rings. The highest BCUT2D eigenvalue weighted by molar-refractivity contribution is 7.86. The molecule has 0 atom stereocenters. The molecular weight excluding hydrogens is 190 g/mol. The summed E-state index contributed by atoms with van der Waals surface area (Å²) in [5, 5.41) is 0. The van der Waals surface area contributed by atoms with Gasteiger partial charge in [-0.3, -0.25) is 4.18 Å². The number of pyridine rings is 1. The van der Waals surface area contributed by atoms with Gasteiger partial charge in [0.1, 0.15) is 11.4 Å².